The average Bonchev–Trinajstić information content (AvgIpc) is 3.33. The van der Waals surface area contributed by atoms with Gasteiger partial charge < -0.3 is 4.74 Å². The van der Waals surface area contributed by atoms with Crippen molar-refractivity contribution in [3.63, 3.8) is 0 Å². The molecule has 1 aliphatic heterocycles. The Morgan fingerprint density at radius 3 is 2.09 bits per heavy atom. The van der Waals surface area contributed by atoms with Gasteiger partial charge in [-0.3, -0.25) is 0 Å². The van der Waals surface area contributed by atoms with Crippen molar-refractivity contribution in [3.8, 4) is 11.1 Å². The number of benzene rings is 2. The van der Waals surface area contributed by atoms with Crippen molar-refractivity contribution < 1.29 is 4.74 Å². The molecule has 1 fully saturated rings. The number of ether oxygens (including phenoxy) is 1. The first-order valence-electron chi connectivity index (χ1n) is 8.66. The maximum atomic E-state index is 5.63. The first kappa shape index (κ1) is 14.0. The zero-order valence-electron chi connectivity index (χ0n) is 13.3. The lowest BCUT2D eigenvalue weighted by molar-refractivity contribution is 0.332. The molecule has 2 aromatic rings. The van der Waals surface area contributed by atoms with Gasteiger partial charge in [0.2, 0.25) is 0 Å². The molecular formula is C21H24O. The van der Waals surface area contributed by atoms with Crippen molar-refractivity contribution in [1.82, 2.24) is 0 Å². The molecule has 0 bridgehead atoms. The lowest BCUT2D eigenvalue weighted by atomic mass is 9.71. The number of unbranched alkanes of at least 4 members (excludes halogenated alkanes) is 2. The van der Waals surface area contributed by atoms with E-state index in [4.69, 9.17) is 4.74 Å². The van der Waals surface area contributed by atoms with Gasteiger partial charge in [-0.25, -0.2) is 0 Å². The highest BCUT2D eigenvalue weighted by molar-refractivity contribution is 5.81. The molecule has 2 aromatic carbocycles. The number of rotatable bonds is 6. The van der Waals surface area contributed by atoms with E-state index in [1.165, 1.54) is 47.9 Å². The van der Waals surface area contributed by atoms with Crippen LogP contribution in [0.3, 0.4) is 0 Å². The van der Waals surface area contributed by atoms with E-state index in [-0.39, 0.29) is 5.41 Å². The van der Waals surface area contributed by atoms with Crippen LogP contribution in [0, 0.1) is 0 Å². The molecule has 22 heavy (non-hydrogen) atoms. The van der Waals surface area contributed by atoms with E-state index in [1.807, 2.05) is 0 Å². The fraction of sp³-hybridized carbons (Fsp3) is 0.429. The predicted octanol–water partition coefficient (Wildman–Crippen LogP) is 5.32. The van der Waals surface area contributed by atoms with Gasteiger partial charge in [0.1, 0.15) is 0 Å². The maximum Gasteiger partial charge on any atom is 0.0821 e. The van der Waals surface area contributed by atoms with Crippen molar-refractivity contribution in [3.05, 3.63) is 59.7 Å². The molecule has 0 radical (unpaired) electrons. The Morgan fingerprint density at radius 1 is 0.955 bits per heavy atom. The fourth-order valence-electron chi connectivity index (χ4n) is 4.26. The summed E-state index contributed by atoms with van der Waals surface area (Å²) >= 11 is 0. The lowest BCUT2D eigenvalue weighted by Crippen LogP contribution is -2.27. The van der Waals surface area contributed by atoms with Crippen LogP contribution in [0.25, 0.3) is 11.1 Å². The molecule has 2 aliphatic rings. The van der Waals surface area contributed by atoms with E-state index in [0.717, 1.165) is 13.0 Å². The number of fused-ring (bicyclic) bond motifs is 3. The summed E-state index contributed by atoms with van der Waals surface area (Å²) in [5, 5.41) is 0. The van der Waals surface area contributed by atoms with Crippen molar-refractivity contribution in [2.45, 2.75) is 50.5 Å². The molecular weight excluding hydrogens is 268 g/mol. The Hall–Kier alpha value is -1.60. The largest absolute Gasteiger partial charge is 0.373 e. The summed E-state index contributed by atoms with van der Waals surface area (Å²) in [6, 6.07) is 18.0. The van der Waals surface area contributed by atoms with Crippen molar-refractivity contribution in [2.75, 3.05) is 6.61 Å². The highest BCUT2D eigenvalue weighted by atomic mass is 16.6. The Balaban J connectivity index is 1.84. The molecule has 1 heterocycles. The maximum absolute atomic E-state index is 5.63. The highest BCUT2D eigenvalue weighted by Gasteiger charge is 2.46. The second kappa shape index (κ2) is 5.55. The monoisotopic (exact) mass is 292 g/mol. The molecule has 114 valence electrons. The summed E-state index contributed by atoms with van der Waals surface area (Å²) in [6.07, 6.45) is 6.74. The molecule has 4 rings (SSSR count). The van der Waals surface area contributed by atoms with Crippen LogP contribution in [0.15, 0.2) is 48.5 Å². The lowest BCUT2D eigenvalue weighted by Gasteiger charge is -2.32. The summed E-state index contributed by atoms with van der Waals surface area (Å²) in [6.45, 7) is 3.23. The summed E-state index contributed by atoms with van der Waals surface area (Å²) < 4.78 is 5.63. The molecule has 1 atom stereocenters. The minimum absolute atomic E-state index is 0.170. The van der Waals surface area contributed by atoms with E-state index < -0.39 is 0 Å². The van der Waals surface area contributed by atoms with E-state index in [0.29, 0.717) is 6.10 Å². The molecule has 1 nitrogen and oxygen atoms in total. The second-order valence-electron chi connectivity index (χ2n) is 6.79. The van der Waals surface area contributed by atoms with Gasteiger partial charge in [0.25, 0.3) is 0 Å². The molecule has 1 aliphatic carbocycles. The zero-order chi connectivity index (χ0) is 15.0. The van der Waals surface area contributed by atoms with Crippen LogP contribution in [-0.2, 0) is 10.2 Å². The quantitative estimate of drug-likeness (QED) is 0.518. The van der Waals surface area contributed by atoms with E-state index in [1.54, 1.807) is 0 Å². The van der Waals surface area contributed by atoms with Crippen LogP contribution in [0.2, 0.25) is 0 Å². The Morgan fingerprint density at radius 2 is 1.55 bits per heavy atom. The number of hydrogen-bond acceptors (Lipinski definition) is 1. The SMILES string of the molecule is CCCCCC1(C[C@H]2CO2)c2ccccc2-c2ccccc21. The highest BCUT2D eigenvalue weighted by Crippen LogP contribution is 2.54. The van der Waals surface area contributed by atoms with Crippen LogP contribution in [0.5, 0.6) is 0 Å². The minimum atomic E-state index is 0.170. The van der Waals surface area contributed by atoms with Crippen LogP contribution in [0.4, 0.5) is 0 Å². The van der Waals surface area contributed by atoms with Gasteiger partial charge in [-0.15, -0.1) is 0 Å². The van der Waals surface area contributed by atoms with Crippen molar-refractivity contribution >= 4 is 0 Å². The van der Waals surface area contributed by atoms with Gasteiger partial charge in [0, 0.05) is 5.41 Å². The summed E-state index contributed by atoms with van der Waals surface area (Å²) in [7, 11) is 0. The first-order chi connectivity index (χ1) is 10.8. The third-order valence-corrected chi connectivity index (χ3v) is 5.36. The van der Waals surface area contributed by atoms with Crippen molar-refractivity contribution in [2.24, 2.45) is 0 Å². The standard InChI is InChI=1S/C21H24O/c1-2-3-8-13-21(14-16-15-22-16)19-11-6-4-9-17(19)18-10-5-7-12-20(18)21/h4-7,9-12,16H,2-3,8,13-15H2,1H3/t16-/m0/s1. The van der Waals surface area contributed by atoms with E-state index in [9.17, 15) is 0 Å². The van der Waals surface area contributed by atoms with E-state index >= 15 is 0 Å². The molecule has 0 spiro atoms. The smallest absolute Gasteiger partial charge is 0.0821 e. The third kappa shape index (κ3) is 2.19. The van der Waals surface area contributed by atoms with E-state index in [2.05, 4.69) is 55.5 Å². The van der Waals surface area contributed by atoms with Gasteiger partial charge in [-0.05, 0) is 35.1 Å². The fourth-order valence-corrected chi connectivity index (χ4v) is 4.26. The molecule has 0 unspecified atom stereocenters. The Labute approximate surface area is 133 Å². The van der Waals surface area contributed by atoms with Gasteiger partial charge in [-0.1, -0.05) is 74.7 Å². The topological polar surface area (TPSA) is 12.5 Å². The first-order valence-corrected chi connectivity index (χ1v) is 8.66. The van der Waals surface area contributed by atoms with Crippen LogP contribution < -0.4 is 0 Å². The Bertz CT molecular complexity index is 624. The van der Waals surface area contributed by atoms with Crippen LogP contribution >= 0.6 is 0 Å². The van der Waals surface area contributed by atoms with Crippen LogP contribution in [0.1, 0.15) is 50.2 Å². The Kier molecular flexibility index (Phi) is 3.54. The van der Waals surface area contributed by atoms with Crippen LogP contribution in [-0.4, -0.2) is 12.7 Å². The van der Waals surface area contributed by atoms with Gasteiger partial charge in [0.15, 0.2) is 0 Å². The number of hydrogen-bond donors (Lipinski definition) is 0. The van der Waals surface area contributed by atoms with Gasteiger partial charge >= 0.3 is 0 Å². The zero-order valence-corrected chi connectivity index (χ0v) is 13.3. The predicted molar refractivity (Wildman–Crippen MR) is 91.2 cm³/mol. The molecule has 0 amide bonds. The summed E-state index contributed by atoms with van der Waals surface area (Å²) in [5.41, 5.74) is 6.11. The normalized spacial score (nSPS) is 20.5. The average molecular weight is 292 g/mol. The molecule has 0 saturated carbocycles. The molecule has 1 heteroatoms. The molecule has 1 saturated heterocycles. The summed E-state index contributed by atoms with van der Waals surface area (Å²) in [4.78, 5) is 0. The number of epoxide rings is 1. The van der Waals surface area contributed by atoms with Gasteiger partial charge in [-0.2, -0.15) is 0 Å². The third-order valence-electron chi connectivity index (χ3n) is 5.36. The molecule has 0 aromatic heterocycles. The van der Waals surface area contributed by atoms with Crippen molar-refractivity contribution in [1.29, 1.82) is 0 Å². The molecule has 0 N–H and O–H groups in total. The minimum Gasteiger partial charge on any atom is -0.373 e. The second-order valence-corrected chi connectivity index (χ2v) is 6.79. The summed E-state index contributed by atoms with van der Waals surface area (Å²) in [5.74, 6) is 0. The van der Waals surface area contributed by atoms with Gasteiger partial charge in [0.05, 0.1) is 12.7 Å².